The third-order valence-corrected chi connectivity index (χ3v) is 3.30. The fourth-order valence-electron chi connectivity index (χ4n) is 2.22. The zero-order chi connectivity index (χ0) is 15.1. The van der Waals surface area contributed by atoms with Gasteiger partial charge in [-0.25, -0.2) is 0 Å². The minimum atomic E-state index is 0.742. The van der Waals surface area contributed by atoms with Crippen molar-refractivity contribution in [3.05, 3.63) is 41.7 Å². The third-order valence-electron chi connectivity index (χ3n) is 3.30. The summed E-state index contributed by atoms with van der Waals surface area (Å²) in [4.78, 5) is 0. The number of aryl methyl sites for hydroxylation is 2. The van der Waals surface area contributed by atoms with Crippen molar-refractivity contribution in [3.8, 4) is 5.75 Å². The van der Waals surface area contributed by atoms with Gasteiger partial charge in [-0.2, -0.15) is 5.10 Å². The van der Waals surface area contributed by atoms with Gasteiger partial charge in [0, 0.05) is 12.7 Å². The van der Waals surface area contributed by atoms with Crippen LogP contribution in [0.5, 0.6) is 5.75 Å². The van der Waals surface area contributed by atoms with Gasteiger partial charge in [0.25, 0.3) is 0 Å². The number of rotatable bonds is 8. The topological polar surface area (TPSA) is 39.1 Å². The Morgan fingerprint density at radius 2 is 2.05 bits per heavy atom. The van der Waals surface area contributed by atoms with Gasteiger partial charge >= 0.3 is 0 Å². The second-order valence-corrected chi connectivity index (χ2v) is 5.25. The van der Waals surface area contributed by atoms with E-state index in [2.05, 4.69) is 55.5 Å². The summed E-state index contributed by atoms with van der Waals surface area (Å²) in [6.45, 7) is 8.81. The van der Waals surface area contributed by atoms with Crippen LogP contribution in [0.2, 0.25) is 0 Å². The SMILES string of the molecule is CCCOc1cc(C)ccc1NCc1ccnn1CCC. The summed E-state index contributed by atoms with van der Waals surface area (Å²) in [5.41, 5.74) is 3.44. The average Bonchev–Trinajstić information content (AvgIpc) is 2.92. The predicted molar refractivity (Wildman–Crippen MR) is 86.8 cm³/mol. The number of hydrogen-bond acceptors (Lipinski definition) is 3. The highest BCUT2D eigenvalue weighted by molar-refractivity contribution is 5.57. The molecule has 2 aromatic rings. The smallest absolute Gasteiger partial charge is 0.142 e. The molecule has 4 heteroatoms. The molecule has 0 unspecified atom stereocenters. The molecule has 1 heterocycles. The molecule has 0 atom stereocenters. The van der Waals surface area contributed by atoms with Gasteiger partial charge in [0.1, 0.15) is 5.75 Å². The molecule has 0 bridgehead atoms. The lowest BCUT2D eigenvalue weighted by atomic mass is 10.2. The Morgan fingerprint density at radius 1 is 1.19 bits per heavy atom. The maximum Gasteiger partial charge on any atom is 0.142 e. The minimum absolute atomic E-state index is 0.742. The van der Waals surface area contributed by atoms with Crippen LogP contribution < -0.4 is 10.1 Å². The molecule has 1 aromatic carbocycles. The van der Waals surface area contributed by atoms with E-state index in [-0.39, 0.29) is 0 Å². The molecule has 2 rings (SSSR count). The van der Waals surface area contributed by atoms with Crippen molar-refractivity contribution < 1.29 is 4.74 Å². The van der Waals surface area contributed by atoms with E-state index in [1.165, 1.54) is 11.3 Å². The first-order chi connectivity index (χ1) is 10.2. The number of benzene rings is 1. The fourth-order valence-corrected chi connectivity index (χ4v) is 2.22. The fraction of sp³-hybridized carbons (Fsp3) is 0.471. The first-order valence-electron chi connectivity index (χ1n) is 7.72. The van der Waals surface area contributed by atoms with Crippen LogP contribution in [0, 0.1) is 6.92 Å². The van der Waals surface area contributed by atoms with Crippen LogP contribution in [0.3, 0.4) is 0 Å². The number of ether oxygens (including phenoxy) is 1. The third kappa shape index (κ3) is 4.25. The van der Waals surface area contributed by atoms with Crippen LogP contribution >= 0.6 is 0 Å². The van der Waals surface area contributed by atoms with Gasteiger partial charge in [0.2, 0.25) is 0 Å². The number of aromatic nitrogens is 2. The average molecular weight is 287 g/mol. The normalized spacial score (nSPS) is 10.6. The van der Waals surface area contributed by atoms with Crippen molar-refractivity contribution in [2.75, 3.05) is 11.9 Å². The lowest BCUT2D eigenvalue weighted by Crippen LogP contribution is -2.10. The van der Waals surface area contributed by atoms with Crippen LogP contribution in [0.15, 0.2) is 30.5 Å². The Labute approximate surface area is 127 Å². The van der Waals surface area contributed by atoms with Gasteiger partial charge in [-0.3, -0.25) is 4.68 Å². The number of hydrogen-bond donors (Lipinski definition) is 1. The first kappa shape index (κ1) is 15.4. The van der Waals surface area contributed by atoms with Crippen molar-refractivity contribution in [2.24, 2.45) is 0 Å². The van der Waals surface area contributed by atoms with Crippen LogP contribution in [0.1, 0.15) is 37.9 Å². The molecular weight excluding hydrogens is 262 g/mol. The minimum Gasteiger partial charge on any atom is -0.491 e. The highest BCUT2D eigenvalue weighted by Gasteiger charge is 2.06. The van der Waals surface area contributed by atoms with Gasteiger partial charge in [-0.15, -0.1) is 0 Å². The molecule has 0 aliphatic heterocycles. The van der Waals surface area contributed by atoms with Gasteiger partial charge in [0.05, 0.1) is 24.5 Å². The van der Waals surface area contributed by atoms with Crippen LogP contribution in [-0.2, 0) is 13.1 Å². The second-order valence-electron chi connectivity index (χ2n) is 5.25. The summed E-state index contributed by atoms with van der Waals surface area (Å²) in [5, 5.41) is 7.81. The molecule has 4 nitrogen and oxygen atoms in total. The summed E-state index contributed by atoms with van der Waals surface area (Å²) in [5.74, 6) is 0.929. The highest BCUT2D eigenvalue weighted by atomic mass is 16.5. The highest BCUT2D eigenvalue weighted by Crippen LogP contribution is 2.26. The van der Waals surface area contributed by atoms with E-state index < -0.39 is 0 Å². The first-order valence-corrected chi connectivity index (χ1v) is 7.72. The molecule has 0 radical (unpaired) electrons. The number of anilines is 1. The second kappa shape index (κ2) is 7.72. The molecule has 0 spiro atoms. The maximum atomic E-state index is 5.83. The molecule has 0 aliphatic rings. The van der Waals surface area contributed by atoms with Gasteiger partial charge in [-0.05, 0) is 43.5 Å². The quantitative estimate of drug-likeness (QED) is 0.797. The van der Waals surface area contributed by atoms with E-state index in [9.17, 15) is 0 Å². The Morgan fingerprint density at radius 3 is 2.81 bits per heavy atom. The Kier molecular flexibility index (Phi) is 5.67. The summed E-state index contributed by atoms with van der Waals surface area (Å²) in [7, 11) is 0. The Hall–Kier alpha value is -1.97. The molecular formula is C17H25N3O. The van der Waals surface area contributed by atoms with E-state index in [4.69, 9.17) is 4.74 Å². The van der Waals surface area contributed by atoms with Crippen LogP contribution in [0.25, 0.3) is 0 Å². The number of nitrogens with one attached hydrogen (secondary N) is 1. The van der Waals surface area contributed by atoms with Crippen LogP contribution in [-0.4, -0.2) is 16.4 Å². The zero-order valence-electron chi connectivity index (χ0n) is 13.2. The predicted octanol–water partition coefficient (Wildman–Crippen LogP) is 4.00. The molecule has 1 N–H and O–H groups in total. The summed E-state index contributed by atoms with van der Waals surface area (Å²) >= 11 is 0. The number of nitrogens with zero attached hydrogens (tertiary/aromatic N) is 2. The van der Waals surface area contributed by atoms with E-state index in [0.29, 0.717) is 0 Å². The van der Waals surface area contributed by atoms with Gasteiger partial charge in [-0.1, -0.05) is 19.9 Å². The molecule has 0 fully saturated rings. The van der Waals surface area contributed by atoms with Gasteiger partial charge < -0.3 is 10.1 Å². The molecule has 0 saturated heterocycles. The lowest BCUT2D eigenvalue weighted by molar-refractivity contribution is 0.318. The molecule has 0 aliphatic carbocycles. The molecule has 114 valence electrons. The maximum absolute atomic E-state index is 5.83. The van der Waals surface area contributed by atoms with Crippen molar-refractivity contribution in [1.82, 2.24) is 9.78 Å². The van der Waals surface area contributed by atoms with Crippen LogP contribution in [0.4, 0.5) is 5.69 Å². The standard InChI is InChI=1S/C17H25N3O/c1-4-10-20-15(8-9-19-20)13-18-16-7-6-14(3)12-17(16)21-11-5-2/h6-9,12,18H,4-5,10-11,13H2,1-3H3. The van der Waals surface area contributed by atoms with E-state index in [1.807, 2.05) is 10.9 Å². The summed E-state index contributed by atoms with van der Waals surface area (Å²) < 4.78 is 7.88. The van der Waals surface area contributed by atoms with Crippen molar-refractivity contribution in [2.45, 2.75) is 46.7 Å². The summed E-state index contributed by atoms with van der Waals surface area (Å²) in [6, 6.07) is 8.33. The largest absolute Gasteiger partial charge is 0.491 e. The molecule has 0 amide bonds. The van der Waals surface area contributed by atoms with Crippen molar-refractivity contribution in [1.29, 1.82) is 0 Å². The monoisotopic (exact) mass is 287 g/mol. The summed E-state index contributed by atoms with van der Waals surface area (Å²) in [6.07, 6.45) is 3.96. The molecule has 1 aromatic heterocycles. The Bertz CT molecular complexity index is 563. The van der Waals surface area contributed by atoms with Crippen molar-refractivity contribution in [3.63, 3.8) is 0 Å². The van der Waals surface area contributed by atoms with Gasteiger partial charge in [0.15, 0.2) is 0 Å². The molecule has 21 heavy (non-hydrogen) atoms. The Balaban J connectivity index is 2.06. The lowest BCUT2D eigenvalue weighted by Gasteiger charge is -2.14. The van der Waals surface area contributed by atoms with Crippen molar-refractivity contribution >= 4 is 5.69 Å². The van der Waals surface area contributed by atoms with E-state index >= 15 is 0 Å². The molecule has 0 saturated carbocycles. The zero-order valence-corrected chi connectivity index (χ0v) is 13.2. The van der Waals surface area contributed by atoms with E-state index in [1.54, 1.807) is 0 Å². The van der Waals surface area contributed by atoms with E-state index in [0.717, 1.165) is 44.0 Å².